The standard InChI is InChI=1S/C14H21ClFNO3S/c1-9(14(2,3)4)7-17-21(19,20)11-5-10(8-18)13(15)12(16)6-11/h5-6,9,17-18H,7-8H2,1-4H3. The summed E-state index contributed by atoms with van der Waals surface area (Å²) in [5, 5.41) is 8.83. The second kappa shape index (κ2) is 6.60. The van der Waals surface area contributed by atoms with Crippen LogP contribution in [0.3, 0.4) is 0 Å². The van der Waals surface area contributed by atoms with Gasteiger partial charge in [-0.1, -0.05) is 39.3 Å². The minimum absolute atomic E-state index is 0.0425. The van der Waals surface area contributed by atoms with Crippen LogP contribution in [0.25, 0.3) is 0 Å². The molecule has 1 aromatic rings. The molecule has 0 aliphatic heterocycles. The van der Waals surface area contributed by atoms with Crippen molar-refractivity contribution in [3.63, 3.8) is 0 Å². The van der Waals surface area contributed by atoms with Gasteiger partial charge in [-0.2, -0.15) is 0 Å². The zero-order valence-electron chi connectivity index (χ0n) is 12.6. The highest BCUT2D eigenvalue weighted by Crippen LogP contribution is 2.26. The van der Waals surface area contributed by atoms with Gasteiger partial charge in [-0.15, -0.1) is 0 Å². The van der Waals surface area contributed by atoms with E-state index in [1.54, 1.807) is 0 Å². The van der Waals surface area contributed by atoms with Crippen LogP contribution in [0, 0.1) is 17.2 Å². The average molecular weight is 338 g/mol. The summed E-state index contributed by atoms with van der Waals surface area (Å²) in [7, 11) is -3.85. The maximum absolute atomic E-state index is 13.6. The Hall–Kier alpha value is -0.690. The first-order valence-electron chi connectivity index (χ1n) is 6.57. The minimum atomic E-state index is -3.85. The maximum Gasteiger partial charge on any atom is 0.240 e. The Morgan fingerprint density at radius 1 is 1.38 bits per heavy atom. The third kappa shape index (κ3) is 4.64. The number of benzene rings is 1. The molecule has 0 aromatic heterocycles. The lowest BCUT2D eigenvalue weighted by Gasteiger charge is -2.27. The molecule has 0 amide bonds. The Balaban J connectivity index is 3.01. The van der Waals surface area contributed by atoms with Crippen molar-refractivity contribution >= 4 is 21.6 Å². The van der Waals surface area contributed by atoms with Crippen molar-refractivity contribution in [1.29, 1.82) is 0 Å². The molecule has 0 spiro atoms. The molecule has 1 aromatic carbocycles. The van der Waals surface area contributed by atoms with Gasteiger partial charge in [-0.3, -0.25) is 0 Å². The number of nitrogens with one attached hydrogen (secondary N) is 1. The highest BCUT2D eigenvalue weighted by atomic mass is 35.5. The van der Waals surface area contributed by atoms with E-state index in [4.69, 9.17) is 16.7 Å². The molecule has 0 bridgehead atoms. The lowest BCUT2D eigenvalue weighted by atomic mass is 9.82. The third-order valence-corrected chi connectivity index (χ3v) is 5.44. The fourth-order valence-corrected chi connectivity index (χ4v) is 2.87. The van der Waals surface area contributed by atoms with E-state index in [1.807, 2.05) is 27.7 Å². The second-order valence-electron chi connectivity index (χ2n) is 6.16. The Kier molecular flexibility index (Phi) is 5.77. The van der Waals surface area contributed by atoms with Crippen molar-refractivity contribution in [2.75, 3.05) is 6.54 Å². The molecule has 2 N–H and O–H groups in total. The normalized spacial score (nSPS) is 14.2. The number of aliphatic hydroxyl groups excluding tert-OH is 1. The molecule has 0 saturated carbocycles. The van der Waals surface area contributed by atoms with Crippen LogP contribution >= 0.6 is 11.6 Å². The molecule has 0 saturated heterocycles. The highest BCUT2D eigenvalue weighted by Gasteiger charge is 2.24. The van der Waals surface area contributed by atoms with E-state index in [0.717, 1.165) is 6.07 Å². The van der Waals surface area contributed by atoms with Gasteiger partial charge < -0.3 is 5.11 Å². The summed E-state index contributed by atoms with van der Waals surface area (Å²) in [6.45, 7) is 7.68. The smallest absolute Gasteiger partial charge is 0.240 e. The molecule has 1 rings (SSSR count). The van der Waals surface area contributed by atoms with Gasteiger partial charge in [0, 0.05) is 12.1 Å². The fourth-order valence-electron chi connectivity index (χ4n) is 1.51. The highest BCUT2D eigenvalue weighted by molar-refractivity contribution is 7.89. The molecular formula is C14H21ClFNO3S. The lowest BCUT2D eigenvalue weighted by molar-refractivity contribution is 0.263. The van der Waals surface area contributed by atoms with Crippen LogP contribution in [0.15, 0.2) is 17.0 Å². The van der Waals surface area contributed by atoms with Crippen molar-refractivity contribution in [2.24, 2.45) is 11.3 Å². The molecule has 0 heterocycles. The van der Waals surface area contributed by atoms with E-state index in [9.17, 15) is 12.8 Å². The third-order valence-electron chi connectivity index (χ3n) is 3.62. The number of hydrogen-bond acceptors (Lipinski definition) is 3. The molecule has 4 nitrogen and oxygen atoms in total. The van der Waals surface area contributed by atoms with Crippen LogP contribution in [-0.4, -0.2) is 20.1 Å². The quantitative estimate of drug-likeness (QED) is 0.868. The monoisotopic (exact) mass is 337 g/mol. The second-order valence-corrected chi connectivity index (χ2v) is 8.30. The minimum Gasteiger partial charge on any atom is -0.392 e. The van der Waals surface area contributed by atoms with E-state index in [-0.39, 0.29) is 33.4 Å². The Morgan fingerprint density at radius 3 is 2.43 bits per heavy atom. The van der Waals surface area contributed by atoms with Crippen LogP contribution in [0.5, 0.6) is 0 Å². The molecule has 0 aliphatic rings. The molecule has 1 atom stereocenters. The van der Waals surface area contributed by atoms with Gasteiger partial charge in [0.15, 0.2) is 0 Å². The Labute approximate surface area is 130 Å². The average Bonchev–Trinajstić information content (AvgIpc) is 2.37. The first-order valence-corrected chi connectivity index (χ1v) is 8.43. The number of halogens is 2. The van der Waals surface area contributed by atoms with Gasteiger partial charge in [0.05, 0.1) is 16.5 Å². The predicted molar refractivity (Wildman–Crippen MR) is 81.1 cm³/mol. The van der Waals surface area contributed by atoms with E-state index in [1.165, 1.54) is 6.07 Å². The van der Waals surface area contributed by atoms with Gasteiger partial charge in [-0.05, 0) is 23.5 Å². The Morgan fingerprint density at radius 2 is 1.95 bits per heavy atom. The topological polar surface area (TPSA) is 66.4 Å². The van der Waals surface area contributed by atoms with E-state index >= 15 is 0 Å². The summed E-state index contributed by atoms with van der Waals surface area (Å²) in [5.74, 6) is -0.769. The number of rotatable bonds is 5. The molecule has 7 heteroatoms. The van der Waals surface area contributed by atoms with Crippen LogP contribution in [0.1, 0.15) is 33.3 Å². The van der Waals surface area contributed by atoms with E-state index in [0.29, 0.717) is 0 Å². The van der Waals surface area contributed by atoms with Crippen LogP contribution < -0.4 is 4.72 Å². The van der Waals surface area contributed by atoms with E-state index in [2.05, 4.69) is 4.72 Å². The Bertz CT molecular complexity index is 611. The number of hydrogen-bond donors (Lipinski definition) is 2. The summed E-state index contributed by atoms with van der Waals surface area (Å²) in [5.41, 5.74) is -0.00905. The summed E-state index contributed by atoms with van der Waals surface area (Å²) in [6.07, 6.45) is 0. The van der Waals surface area contributed by atoms with Crippen molar-refractivity contribution in [3.8, 4) is 0 Å². The number of sulfonamides is 1. The van der Waals surface area contributed by atoms with Crippen molar-refractivity contribution in [2.45, 2.75) is 39.2 Å². The van der Waals surface area contributed by atoms with E-state index < -0.39 is 22.4 Å². The molecule has 0 radical (unpaired) electrons. The molecule has 0 fully saturated rings. The fraction of sp³-hybridized carbons (Fsp3) is 0.571. The summed E-state index contributed by atoms with van der Waals surface area (Å²) < 4.78 is 40.5. The zero-order chi connectivity index (χ0) is 16.4. The van der Waals surface area contributed by atoms with Crippen molar-refractivity contribution < 1.29 is 17.9 Å². The maximum atomic E-state index is 13.6. The molecule has 0 aliphatic carbocycles. The SMILES string of the molecule is CC(CNS(=O)(=O)c1cc(F)c(Cl)c(CO)c1)C(C)(C)C. The zero-order valence-corrected chi connectivity index (χ0v) is 14.1. The first kappa shape index (κ1) is 18.4. The first-order chi connectivity index (χ1) is 9.49. The molecular weight excluding hydrogens is 317 g/mol. The molecule has 120 valence electrons. The number of aliphatic hydroxyl groups is 1. The molecule has 21 heavy (non-hydrogen) atoms. The summed E-state index contributed by atoms with van der Waals surface area (Å²) in [6, 6.07) is 2.03. The summed E-state index contributed by atoms with van der Waals surface area (Å²) in [4.78, 5) is -0.241. The summed E-state index contributed by atoms with van der Waals surface area (Å²) >= 11 is 5.65. The van der Waals surface area contributed by atoms with Crippen LogP contribution in [0.2, 0.25) is 5.02 Å². The van der Waals surface area contributed by atoms with Gasteiger partial charge in [0.1, 0.15) is 5.82 Å². The van der Waals surface area contributed by atoms with Gasteiger partial charge >= 0.3 is 0 Å². The lowest BCUT2D eigenvalue weighted by Crippen LogP contribution is -2.33. The van der Waals surface area contributed by atoms with Gasteiger partial charge in [0.2, 0.25) is 10.0 Å². The van der Waals surface area contributed by atoms with Crippen LogP contribution in [0.4, 0.5) is 4.39 Å². The van der Waals surface area contributed by atoms with Crippen molar-refractivity contribution in [1.82, 2.24) is 4.72 Å². The largest absolute Gasteiger partial charge is 0.392 e. The molecule has 1 unspecified atom stereocenters. The van der Waals surface area contributed by atoms with Crippen molar-refractivity contribution in [3.05, 3.63) is 28.5 Å². The van der Waals surface area contributed by atoms with Gasteiger partial charge in [0.25, 0.3) is 0 Å². The van der Waals surface area contributed by atoms with Gasteiger partial charge in [-0.25, -0.2) is 17.5 Å². The predicted octanol–water partition coefficient (Wildman–Crippen LogP) is 2.93. The van der Waals surface area contributed by atoms with Crippen LogP contribution in [-0.2, 0) is 16.6 Å².